The Bertz CT molecular complexity index is 607. The van der Waals surface area contributed by atoms with Crippen molar-refractivity contribution in [3.8, 4) is 5.75 Å². The lowest BCUT2D eigenvalue weighted by atomic mass is 10.1. The first-order valence-corrected chi connectivity index (χ1v) is 6.97. The van der Waals surface area contributed by atoms with Crippen LogP contribution in [0.2, 0.25) is 0 Å². The fourth-order valence-corrected chi connectivity index (χ4v) is 2.43. The van der Waals surface area contributed by atoms with Crippen molar-refractivity contribution >= 4 is 0 Å². The molecule has 2 aromatic rings. The number of nitrogens with two attached hydrogens (primary N) is 1. The highest BCUT2D eigenvalue weighted by Crippen LogP contribution is 2.31. The standard InChI is InChI=1S/C15H19N3O2/c1-9(2)15-17-14(18-20-15)8-19-11-4-5-12-10(7-11)3-6-13(12)16/h4-5,7,9,13H,3,6,8,16H2,1-2H3. The minimum absolute atomic E-state index is 0.171. The second-order valence-electron chi connectivity index (χ2n) is 5.50. The molecule has 0 fully saturated rings. The number of aromatic nitrogens is 2. The summed E-state index contributed by atoms with van der Waals surface area (Å²) in [6, 6.07) is 6.24. The lowest BCUT2D eigenvalue weighted by Gasteiger charge is -2.07. The third-order valence-corrected chi connectivity index (χ3v) is 3.58. The highest BCUT2D eigenvalue weighted by atomic mass is 16.5. The Morgan fingerprint density at radius 1 is 1.45 bits per heavy atom. The van der Waals surface area contributed by atoms with Gasteiger partial charge in [-0.1, -0.05) is 25.1 Å². The topological polar surface area (TPSA) is 74.2 Å². The Balaban J connectivity index is 1.66. The number of hydrogen-bond acceptors (Lipinski definition) is 5. The molecule has 5 nitrogen and oxygen atoms in total. The van der Waals surface area contributed by atoms with Gasteiger partial charge in [-0.2, -0.15) is 4.98 Å². The fourth-order valence-electron chi connectivity index (χ4n) is 2.43. The quantitative estimate of drug-likeness (QED) is 0.927. The first-order valence-electron chi connectivity index (χ1n) is 6.97. The molecular weight excluding hydrogens is 254 g/mol. The fraction of sp³-hybridized carbons (Fsp3) is 0.467. The van der Waals surface area contributed by atoms with Crippen LogP contribution in [0.4, 0.5) is 0 Å². The molecule has 20 heavy (non-hydrogen) atoms. The third kappa shape index (κ3) is 2.54. The lowest BCUT2D eigenvalue weighted by Crippen LogP contribution is -2.05. The molecule has 0 bridgehead atoms. The highest BCUT2D eigenvalue weighted by Gasteiger charge is 2.19. The summed E-state index contributed by atoms with van der Waals surface area (Å²) in [4.78, 5) is 4.29. The van der Waals surface area contributed by atoms with Crippen LogP contribution in [-0.4, -0.2) is 10.1 Å². The first kappa shape index (κ1) is 13.1. The van der Waals surface area contributed by atoms with Crippen molar-refractivity contribution in [3.05, 3.63) is 41.0 Å². The van der Waals surface area contributed by atoms with Crippen molar-refractivity contribution in [3.63, 3.8) is 0 Å². The minimum Gasteiger partial charge on any atom is -0.485 e. The van der Waals surface area contributed by atoms with Gasteiger partial charge in [-0.25, -0.2) is 0 Å². The van der Waals surface area contributed by atoms with E-state index in [4.69, 9.17) is 15.0 Å². The molecule has 0 spiro atoms. The summed E-state index contributed by atoms with van der Waals surface area (Å²) in [5.41, 5.74) is 8.54. The van der Waals surface area contributed by atoms with Gasteiger partial charge in [-0.05, 0) is 36.1 Å². The second kappa shape index (κ2) is 5.25. The molecule has 2 N–H and O–H groups in total. The van der Waals surface area contributed by atoms with Crippen molar-refractivity contribution < 1.29 is 9.26 Å². The van der Waals surface area contributed by atoms with E-state index >= 15 is 0 Å². The summed E-state index contributed by atoms with van der Waals surface area (Å²) in [5, 5.41) is 3.91. The van der Waals surface area contributed by atoms with E-state index in [9.17, 15) is 0 Å². The van der Waals surface area contributed by atoms with Crippen molar-refractivity contribution in [1.82, 2.24) is 10.1 Å². The molecule has 5 heteroatoms. The molecule has 0 saturated carbocycles. The molecule has 3 rings (SSSR count). The molecule has 1 aromatic carbocycles. The Morgan fingerprint density at radius 2 is 2.30 bits per heavy atom. The predicted molar refractivity (Wildman–Crippen MR) is 74.4 cm³/mol. The minimum atomic E-state index is 0.171. The zero-order valence-corrected chi connectivity index (χ0v) is 11.8. The van der Waals surface area contributed by atoms with E-state index in [0.29, 0.717) is 18.3 Å². The molecule has 1 unspecified atom stereocenters. The molecule has 1 atom stereocenters. The van der Waals surface area contributed by atoms with Gasteiger partial charge in [-0.3, -0.25) is 0 Å². The summed E-state index contributed by atoms with van der Waals surface area (Å²) in [6.45, 7) is 4.35. The van der Waals surface area contributed by atoms with E-state index < -0.39 is 0 Å². The number of hydrogen-bond donors (Lipinski definition) is 1. The van der Waals surface area contributed by atoms with Crippen molar-refractivity contribution in [2.75, 3.05) is 0 Å². The molecule has 1 aliphatic carbocycles. The Morgan fingerprint density at radius 3 is 3.05 bits per heavy atom. The maximum Gasteiger partial charge on any atom is 0.229 e. The number of rotatable bonds is 4. The molecule has 0 radical (unpaired) electrons. The van der Waals surface area contributed by atoms with Gasteiger partial charge in [0.15, 0.2) is 6.61 Å². The summed E-state index contributed by atoms with van der Waals surface area (Å²) < 4.78 is 10.9. The SMILES string of the molecule is CC(C)c1nc(COc2ccc3c(c2)CCC3N)no1. The maximum absolute atomic E-state index is 6.02. The van der Waals surface area contributed by atoms with Gasteiger partial charge < -0.3 is 15.0 Å². The van der Waals surface area contributed by atoms with Crippen molar-refractivity contribution in [2.24, 2.45) is 5.73 Å². The summed E-state index contributed by atoms with van der Waals surface area (Å²) in [6.07, 6.45) is 2.04. The van der Waals surface area contributed by atoms with Crippen LogP contribution in [0.15, 0.2) is 22.7 Å². The van der Waals surface area contributed by atoms with Crippen LogP contribution >= 0.6 is 0 Å². The lowest BCUT2D eigenvalue weighted by molar-refractivity contribution is 0.284. The number of fused-ring (bicyclic) bond motifs is 1. The molecule has 1 aliphatic rings. The normalized spacial score (nSPS) is 17.5. The van der Waals surface area contributed by atoms with E-state index in [0.717, 1.165) is 18.6 Å². The monoisotopic (exact) mass is 273 g/mol. The Labute approximate surface area is 118 Å². The maximum atomic E-state index is 6.02. The largest absolute Gasteiger partial charge is 0.485 e. The van der Waals surface area contributed by atoms with Gasteiger partial charge >= 0.3 is 0 Å². The number of nitrogens with zero attached hydrogens (tertiary/aromatic N) is 2. The Hall–Kier alpha value is -1.88. The van der Waals surface area contributed by atoms with Crippen LogP contribution in [0.3, 0.4) is 0 Å². The van der Waals surface area contributed by atoms with Crippen LogP contribution in [0.25, 0.3) is 0 Å². The van der Waals surface area contributed by atoms with Crippen molar-refractivity contribution in [2.45, 2.75) is 45.3 Å². The smallest absolute Gasteiger partial charge is 0.229 e. The average molecular weight is 273 g/mol. The van der Waals surface area contributed by atoms with Gasteiger partial charge in [0, 0.05) is 12.0 Å². The zero-order chi connectivity index (χ0) is 14.1. The van der Waals surface area contributed by atoms with E-state index in [1.54, 1.807) is 0 Å². The zero-order valence-electron chi connectivity index (χ0n) is 11.8. The molecule has 0 aliphatic heterocycles. The highest BCUT2D eigenvalue weighted by molar-refractivity contribution is 5.40. The van der Waals surface area contributed by atoms with Crippen LogP contribution in [0, 0.1) is 0 Å². The van der Waals surface area contributed by atoms with E-state index in [1.807, 2.05) is 19.9 Å². The molecule has 106 valence electrons. The number of ether oxygens (including phenoxy) is 1. The van der Waals surface area contributed by atoms with Crippen LogP contribution in [0.5, 0.6) is 5.75 Å². The second-order valence-corrected chi connectivity index (χ2v) is 5.50. The molecule has 0 amide bonds. The molecule has 0 saturated heterocycles. The third-order valence-electron chi connectivity index (χ3n) is 3.58. The summed E-state index contributed by atoms with van der Waals surface area (Å²) in [5.74, 6) is 2.28. The van der Waals surface area contributed by atoms with Crippen LogP contribution < -0.4 is 10.5 Å². The van der Waals surface area contributed by atoms with Gasteiger partial charge in [0.1, 0.15) is 5.75 Å². The first-order chi connectivity index (χ1) is 9.63. The van der Waals surface area contributed by atoms with Crippen molar-refractivity contribution in [1.29, 1.82) is 0 Å². The van der Waals surface area contributed by atoms with Gasteiger partial charge in [0.2, 0.25) is 11.7 Å². The summed E-state index contributed by atoms with van der Waals surface area (Å²) >= 11 is 0. The van der Waals surface area contributed by atoms with Gasteiger partial charge in [0.05, 0.1) is 0 Å². The van der Waals surface area contributed by atoms with Crippen LogP contribution in [0.1, 0.15) is 55.1 Å². The number of aryl methyl sites for hydroxylation is 1. The van der Waals surface area contributed by atoms with Gasteiger partial charge in [0.25, 0.3) is 0 Å². The van der Waals surface area contributed by atoms with Crippen LogP contribution in [-0.2, 0) is 13.0 Å². The molecular formula is C15H19N3O2. The van der Waals surface area contributed by atoms with E-state index in [-0.39, 0.29) is 12.0 Å². The molecule has 1 aromatic heterocycles. The predicted octanol–water partition coefficient (Wildman–Crippen LogP) is 2.72. The molecule has 1 heterocycles. The average Bonchev–Trinajstić information content (AvgIpc) is 3.04. The summed E-state index contributed by atoms with van der Waals surface area (Å²) in [7, 11) is 0. The van der Waals surface area contributed by atoms with Gasteiger partial charge in [-0.15, -0.1) is 0 Å². The van der Waals surface area contributed by atoms with E-state index in [1.165, 1.54) is 11.1 Å². The number of benzene rings is 1. The van der Waals surface area contributed by atoms with E-state index in [2.05, 4.69) is 22.3 Å². The Kier molecular flexibility index (Phi) is 3.44.